The van der Waals surface area contributed by atoms with Gasteiger partial charge in [-0.25, -0.2) is 4.79 Å². The van der Waals surface area contributed by atoms with Crippen LogP contribution in [0.4, 0.5) is 0 Å². The van der Waals surface area contributed by atoms with Gasteiger partial charge in [0.05, 0.1) is 13.0 Å². The molecule has 0 saturated heterocycles. The molecule has 1 amide bonds. The second-order valence-electron chi connectivity index (χ2n) is 9.32. The molecule has 4 aromatic rings. The first-order valence-corrected chi connectivity index (χ1v) is 12.5. The molecule has 5 rings (SSSR count). The van der Waals surface area contributed by atoms with Crippen LogP contribution < -0.4 is 9.47 Å². The maximum atomic E-state index is 14.1. The van der Waals surface area contributed by atoms with E-state index >= 15 is 0 Å². The van der Waals surface area contributed by atoms with E-state index < -0.39 is 17.9 Å². The maximum Gasteiger partial charge on any atom is 0.326 e. The standard InChI is InChI=1S/C32H29NO5/c1-37-28-19-26-20-33(31(34)30(23-13-7-3-8-14-23)24-15-9-4-10-16-24)27(32(35)36)17-25(26)18-29(28)38-21-22-11-5-2-6-12-22/h2-16,18-19,27,30H,17,20-21H2,1H3,(H,35,36). The fourth-order valence-corrected chi connectivity index (χ4v) is 4.99. The molecule has 4 aromatic carbocycles. The minimum Gasteiger partial charge on any atom is -0.493 e. The SMILES string of the molecule is COc1cc2c(cc1OCc1ccccc1)CC(C(=O)O)N(C(=O)C(c1ccccc1)c1ccccc1)C2. The number of carboxylic acids is 1. The highest BCUT2D eigenvalue weighted by atomic mass is 16.5. The smallest absolute Gasteiger partial charge is 0.326 e. The molecule has 0 fully saturated rings. The van der Waals surface area contributed by atoms with Gasteiger partial charge in [0, 0.05) is 13.0 Å². The highest BCUT2D eigenvalue weighted by Crippen LogP contribution is 2.37. The Hall–Kier alpha value is -4.58. The van der Waals surface area contributed by atoms with E-state index in [0.717, 1.165) is 27.8 Å². The third kappa shape index (κ3) is 5.25. The van der Waals surface area contributed by atoms with Gasteiger partial charge in [0.25, 0.3) is 0 Å². The van der Waals surface area contributed by atoms with Gasteiger partial charge in [0.2, 0.25) is 5.91 Å². The summed E-state index contributed by atoms with van der Waals surface area (Å²) >= 11 is 0. The van der Waals surface area contributed by atoms with Crippen molar-refractivity contribution >= 4 is 11.9 Å². The number of hydrogen-bond acceptors (Lipinski definition) is 4. The maximum absolute atomic E-state index is 14.1. The molecule has 1 unspecified atom stereocenters. The lowest BCUT2D eigenvalue weighted by Crippen LogP contribution is -2.50. The number of methoxy groups -OCH3 is 1. The van der Waals surface area contributed by atoms with E-state index in [0.29, 0.717) is 18.1 Å². The predicted molar refractivity (Wildman–Crippen MR) is 144 cm³/mol. The van der Waals surface area contributed by atoms with Crippen molar-refractivity contribution < 1.29 is 24.2 Å². The molecule has 0 spiro atoms. The number of aliphatic carboxylic acids is 1. The molecule has 1 aliphatic rings. The first kappa shape index (κ1) is 25.1. The molecule has 1 N–H and O–H groups in total. The second-order valence-corrected chi connectivity index (χ2v) is 9.32. The van der Waals surface area contributed by atoms with E-state index in [9.17, 15) is 14.7 Å². The van der Waals surface area contributed by atoms with Crippen molar-refractivity contribution in [1.82, 2.24) is 4.90 Å². The Bertz CT molecular complexity index is 1370. The first-order chi connectivity index (χ1) is 18.5. The Morgan fingerprint density at radius 3 is 1.95 bits per heavy atom. The summed E-state index contributed by atoms with van der Waals surface area (Å²) in [5.41, 5.74) is 4.34. The first-order valence-electron chi connectivity index (χ1n) is 12.5. The van der Waals surface area contributed by atoms with E-state index in [1.165, 1.54) is 4.90 Å². The highest BCUT2D eigenvalue weighted by Gasteiger charge is 2.39. The number of hydrogen-bond donors (Lipinski definition) is 1. The number of carboxylic acid groups (broad SMARTS) is 1. The monoisotopic (exact) mass is 507 g/mol. The number of fused-ring (bicyclic) bond motifs is 1. The average molecular weight is 508 g/mol. The number of amides is 1. The van der Waals surface area contributed by atoms with Gasteiger partial charge >= 0.3 is 5.97 Å². The quantitative estimate of drug-likeness (QED) is 0.344. The van der Waals surface area contributed by atoms with Crippen molar-refractivity contribution in [1.29, 1.82) is 0 Å². The molecule has 6 nitrogen and oxygen atoms in total. The molecular formula is C32H29NO5. The summed E-state index contributed by atoms with van der Waals surface area (Å²) in [5, 5.41) is 10.2. The summed E-state index contributed by atoms with van der Waals surface area (Å²) in [6.45, 7) is 0.523. The van der Waals surface area contributed by atoms with E-state index in [2.05, 4.69) is 0 Å². The molecular weight excluding hydrogens is 478 g/mol. The predicted octanol–water partition coefficient (Wildman–Crippen LogP) is 5.44. The molecule has 0 radical (unpaired) electrons. The Labute approximate surface area is 222 Å². The summed E-state index contributed by atoms with van der Waals surface area (Å²) < 4.78 is 11.7. The number of benzene rings is 4. The van der Waals surface area contributed by atoms with Crippen molar-refractivity contribution in [2.24, 2.45) is 0 Å². The van der Waals surface area contributed by atoms with Crippen molar-refractivity contribution in [3.63, 3.8) is 0 Å². The third-order valence-corrected chi connectivity index (χ3v) is 6.93. The number of nitrogens with zero attached hydrogens (tertiary/aromatic N) is 1. The summed E-state index contributed by atoms with van der Waals surface area (Å²) in [6.07, 6.45) is 0.179. The molecule has 1 aliphatic heterocycles. The van der Waals surface area contributed by atoms with Crippen LogP contribution in [0.2, 0.25) is 0 Å². The summed E-state index contributed by atoms with van der Waals surface area (Å²) in [7, 11) is 1.57. The summed E-state index contributed by atoms with van der Waals surface area (Å²) in [6, 6.07) is 31.5. The Kier molecular flexibility index (Phi) is 7.40. The van der Waals surface area contributed by atoms with Gasteiger partial charge in [-0.15, -0.1) is 0 Å². The van der Waals surface area contributed by atoms with Crippen LogP contribution in [0.25, 0.3) is 0 Å². The third-order valence-electron chi connectivity index (χ3n) is 6.93. The second kappa shape index (κ2) is 11.2. The fourth-order valence-electron chi connectivity index (χ4n) is 4.99. The van der Waals surface area contributed by atoms with Gasteiger partial charge in [-0.05, 0) is 39.9 Å². The molecule has 1 atom stereocenters. The lowest BCUT2D eigenvalue weighted by atomic mass is 9.87. The van der Waals surface area contributed by atoms with E-state index in [4.69, 9.17) is 9.47 Å². The molecule has 38 heavy (non-hydrogen) atoms. The molecule has 0 aliphatic carbocycles. The summed E-state index contributed by atoms with van der Waals surface area (Å²) in [5.74, 6) is -0.805. The number of ether oxygens (including phenoxy) is 2. The van der Waals surface area contributed by atoms with Gasteiger partial charge in [0.15, 0.2) is 11.5 Å². The van der Waals surface area contributed by atoms with Crippen molar-refractivity contribution in [3.8, 4) is 11.5 Å². The van der Waals surface area contributed by atoms with Crippen molar-refractivity contribution in [2.75, 3.05) is 7.11 Å². The van der Waals surface area contributed by atoms with E-state index in [1.54, 1.807) is 7.11 Å². The van der Waals surface area contributed by atoms with Gasteiger partial charge in [0.1, 0.15) is 12.6 Å². The van der Waals surface area contributed by atoms with Crippen LogP contribution in [-0.2, 0) is 29.2 Å². The van der Waals surface area contributed by atoms with Gasteiger partial charge in [-0.3, -0.25) is 4.79 Å². The van der Waals surface area contributed by atoms with E-state index in [1.807, 2.05) is 103 Å². The summed E-state index contributed by atoms with van der Waals surface area (Å²) in [4.78, 5) is 28.0. The van der Waals surface area contributed by atoms with Crippen LogP contribution in [0.1, 0.15) is 33.7 Å². The van der Waals surface area contributed by atoms with Crippen LogP contribution in [-0.4, -0.2) is 35.0 Å². The van der Waals surface area contributed by atoms with Crippen LogP contribution in [0.3, 0.4) is 0 Å². The van der Waals surface area contributed by atoms with Crippen molar-refractivity contribution in [3.05, 3.63) is 131 Å². The normalized spacial score (nSPS) is 14.6. The zero-order valence-electron chi connectivity index (χ0n) is 21.1. The minimum atomic E-state index is -1.04. The van der Waals surface area contributed by atoms with Crippen LogP contribution in [0, 0.1) is 0 Å². The zero-order chi connectivity index (χ0) is 26.5. The molecule has 0 bridgehead atoms. The number of rotatable bonds is 8. The average Bonchev–Trinajstić information content (AvgIpc) is 2.96. The van der Waals surface area contributed by atoms with Crippen LogP contribution in [0.15, 0.2) is 103 Å². The van der Waals surface area contributed by atoms with Crippen molar-refractivity contribution in [2.45, 2.75) is 31.5 Å². The topological polar surface area (TPSA) is 76.1 Å². The van der Waals surface area contributed by atoms with Crippen LogP contribution >= 0.6 is 0 Å². The molecule has 6 heteroatoms. The van der Waals surface area contributed by atoms with E-state index in [-0.39, 0.29) is 18.9 Å². The fraction of sp³-hybridized carbons (Fsp3) is 0.188. The molecule has 0 saturated carbocycles. The Morgan fingerprint density at radius 2 is 1.39 bits per heavy atom. The molecule has 0 aromatic heterocycles. The van der Waals surface area contributed by atoms with Gasteiger partial charge in [-0.2, -0.15) is 0 Å². The number of carbonyl (C=O) groups is 2. The lowest BCUT2D eigenvalue weighted by molar-refractivity contribution is -0.151. The Balaban J connectivity index is 1.48. The molecule has 1 heterocycles. The number of carbonyl (C=O) groups excluding carboxylic acids is 1. The van der Waals surface area contributed by atoms with Gasteiger partial charge in [-0.1, -0.05) is 91.0 Å². The Morgan fingerprint density at radius 1 is 0.842 bits per heavy atom. The van der Waals surface area contributed by atoms with Crippen LogP contribution in [0.5, 0.6) is 11.5 Å². The minimum absolute atomic E-state index is 0.163. The van der Waals surface area contributed by atoms with Gasteiger partial charge < -0.3 is 19.5 Å². The highest BCUT2D eigenvalue weighted by molar-refractivity contribution is 5.91. The molecule has 192 valence electrons. The zero-order valence-corrected chi connectivity index (χ0v) is 21.1. The largest absolute Gasteiger partial charge is 0.493 e. The lowest BCUT2D eigenvalue weighted by Gasteiger charge is -2.37.